The lowest BCUT2D eigenvalue weighted by atomic mass is 10.3. The van der Waals surface area contributed by atoms with Crippen molar-refractivity contribution in [2.45, 2.75) is 0 Å². The van der Waals surface area contributed by atoms with Gasteiger partial charge in [0.25, 0.3) is 0 Å². The SMILES string of the molecule is c1ccc(-c2nnc3sc(-c4csnn4)nn23)nc1. The van der Waals surface area contributed by atoms with Gasteiger partial charge in [-0.1, -0.05) is 21.9 Å². The summed E-state index contributed by atoms with van der Waals surface area (Å²) in [6, 6.07) is 5.63. The van der Waals surface area contributed by atoms with Crippen LogP contribution in [0.1, 0.15) is 0 Å². The Hall–Kier alpha value is -2.26. The largest absolute Gasteiger partial charge is 0.253 e. The molecule has 0 aliphatic rings. The van der Waals surface area contributed by atoms with E-state index < -0.39 is 0 Å². The van der Waals surface area contributed by atoms with E-state index in [0.29, 0.717) is 10.8 Å². The van der Waals surface area contributed by atoms with Crippen molar-refractivity contribution in [3.05, 3.63) is 29.8 Å². The Bertz CT molecular complexity index is 818. The smallest absolute Gasteiger partial charge is 0.235 e. The Labute approximate surface area is 114 Å². The molecule has 0 atom stereocenters. The Morgan fingerprint density at radius 3 is 2.84 bits per heavy atom. The van der Waals surface area contributed by atoms with Gasteiger partial charge in [0.15, 0.2) is 5.01 Å². The fourth-order valence-electron chi connectivity index (χ4n) is 1.63. The number of pyridine rings is 1. The van der Waals surface area contributed by atoms with E-state index in [1.54, 1.807) is 10.7 Å². The zero-order valence-corrected chi connectivity index (χ0v) is 11.0. The van der Waals surface area contributed by atoms with E-state index in [1.165, 1.54) is 22.9 Å². The number of nitrogens with zero attached hydrogens (tertiary/aromatic N) is 7. The second-order valence-corrected chi connectivity index (χ2v) is 5.20. The monoisotopic (exact) mass is 287 g/mol. The Balaban J connectivity index is 1.90. The van der Waals surface area contributed by atoms with Crippen molar-refractivity contribution in [3.63, 3.8) is 0 Å². The normalized spacial score (nSPS) is 11.2. The van der Waals surface area contributed by atoms with E-state index in [-0.39, 0.29) is 0 Å². The van der Waals surface area contributed by atoms with Crippen molar-refractivity contribution >= 4 is 27.8 Å². The maximum atomic E-state index is 4.47. The molecule has 0 saturated heterocycles. The summed E-state index contributed by atoms with van der Waals surface area (Å²) in [4.78, 5) is 4.97. The van der Waals surface area contributed by atoms with Crippen molar-refractivity contribution in [3.8, 4) is 22.2 Å². The van der Waals surface area contributed by atoms with Crippen LogP contribution in [0.4, 0.5) is 0 Å². The maximum absolute atomic E-state index is 4.47. The molecule has 19 heavy (non-hydrogen) atoms. The summed E-state index contributed by atoms with van der Waals surface area (Å²) in [6.07, 6.45) is 1.72. The van der Waals surface area contributed by atoms with Gasteiger partial charge in [-0.15, -0.1) is 15.3 Å². The highest BCUT2D eigenvalue weighted by atomic mass is 32.1. The van der Waals surface area contributed by atoms with E-state index in [4.69, 9.17) is 0 Å². The first-order valence-corrected chi connectivity index (χ1v) is 6.98. The minimum Gasteiger partial charge on any atom is -0.253 e. The van der Waals surface area contributed by atoms with Crippen molar-refractivity contribution in [1.29, 1.82) is 0 Å². The predicted molar refractivity (Wildman–Crippen MR) is 70.8 cm³/mol. The summed E-state index contributed by atoms with van der Waals surface area (Å²) in [6.45, 7) is 0. The van der Waals surface area contributed by atoms with Crippen LogP contribution >= 0.6 is 22.9 Å². The first-order chi connectivity index (χ1) is 9.42. The lowest BCUT2D eigenvalue weighted by molar-refractivity contribution is 0.956. The van der Waals surface area contributed by atoms with E-state index >= 15 is 0 Å². The molecule has 9 heteroatoms. The average molecular weight is 287 g/mol. The highest BCUT2D eigenvalue weighted by molar-refractivity contribution is 7.20. The van der Waals surface area contributed by atoms with E-state index in [9.17, 15) is 0 Å². The zero-order valence-electron chi connectivity index (χ0n) is 9.33. The van der Waals surface area contributed by atoms with Crippen LogP contribution < -0.4 is 0 Å². The summed E-state index contributed by atoms with van der Waals surface area (Å²) < 4.78 is 5.52. The highest BCUT2D eigenvalue weighted by Gasteiger charge is 2.15. The van der Waals surface area contributed by atoms with E-state index in [1.807, 2.05) is 23.6 Å². The van der Waals surface area contributed by atoms with E-state index in [2.05, 4.69) is 29.9 Å². The third-order valence-corrected chi connectivity index (χ3v) is 3.89. The number of hydrogen-bond donors (Lipinski definition) is 0. The van der Waals surface area contributed by atoms with Crippen molar-refractivity contribution in [1.82, 2.24) is 34.4 Å². The summed E-state index contributed by atoms with van der Waals surface area (Å²) in [5.74, 6) is 0.626. The molecule has 0 spiro atoms. The van der Waals surface area contributed by atoms with Crippen molar-refractivity contribution in [2.24, 2.45) is 0 Å². The lowest BCUT2D eigenvalue weighted by Crippen LogP contribution is -1.92. The van der Waals surface area contributed by atoms with Gasteiger partial charge in [-0.3, -0.25) is 4.98 Å². The van der Waals surface area contributed by atoms with Gasteiger partial charge in [0.2, 0.25) is 10.8 Å². The van der Waals surface area contributed by atoms with Gasteiger partial charge < -0.3 is 0 Å². The van der Waals surface area contributed by atoms with Crippen LogP contribution in [0.2, 0.25) is 0 Å². The minimum absolute atomic E-state index is 0.626. The predicted octanol–water partition coefficient (Wildman–Crippen LogP) is 1.77. The molecule has 0 aliphatic carbocycles. The number of aromatic nitrogens is 7. The first kappa shape index (κ1) is 10.6. The third-order valence-electron chi connectivity index (χ3n) is 2.46. The van der Waals surface area contributed by atoms with Crippen LogP contribution in [0.5, 0.6) is 0 Å². The number of hydrogen-bond acceptors (Lipinski definition) is 8. The topological polar surface area (TPSA) is 81.8 Å². The molecule has 0 radical (unpaired) electrons. The van der Waals surface area contributed by atoms with Crippen LogP contribution in [0.25, 0.3) is 27.2 Å². The van der Waals surface area contributed by atoms with Gasteiger partial charge in [-0.25, -0.2) is 0 Å². The Morgan fingerprint density at radius 1 is 1.05 bits per heavy atom. The minimum atomic E-state index is 0.626. The second kappa shape index (κ2) is 4.14. The quantitative estimate of drug-likeness (QED) is 0.559. The number of rotatable bonds is 2. The van der Waals surface area contributed by atoms with Crippen molar-refractivity contribution < 1.29 is 0 Å². The fourth-order valence-corrected chi connectivity index (χ4v) is 2.94. The molecule has 0 saturated carbocycles. The van der Waals surface area contributed by atoms with Gasteiger partial charge in [-0.2, -0.15) is 9.61 Å². The first-order valence-electron chi connectivity index (χ1n) is 5.33. The summed E-state index contributed by atoms with van der Waals surface area (Å²) >= 11 is 2.72. The molecule has 4 heterocycles. The molecule has 4 aromatic heterocycles. The summed E-state index contributed by atoms with van der Waals surface area (Å²) in [5, 5.41) is 19.3. The molecule has 7 nitrogen and oxygen atoms in total. The average Bonchev–Trinajstić information content (AvgIpc) is 3.15. The van der Waals surface area contributed by atoms with Gasteiger partial charge in [-0.05, 0) is 23.7 Å². The molecule has 0 fully saturated rings. The lowest BCUT2D eigenvalue weighted by Gasteiger charge is -1.93. The Kier molecular flexibility index (Phi) is 2.32. The Morgan fingerprint density at radius 2 is 2.05 bits per heavy atom. The van der Waals surface area contributed by atoms with Gasteiger partial charge in [0.05, 0.1) is 0 Å². The van der Waals surface area contributed by atoms with E-state index in [0.717, 1.165) is 16.4 Å². The molecule has 0 aliphatic heterocycles. The zero-order chi connectivity index (χ0) is 12.7. The molecule has 4 aromatic rings. The van der Waals surface area contributed by atoms with Gasteiger partial charge in [0, 0.05) is 11.6 Å². The van der Waals surface area contributed by atoms with Crippen LogP contribution in [0, 0.1) is 0 Å². The van der Waals surface area contributed by atoms with Crippen molar-refractivity contribution in [2.75, 3.05) is 0 Å². The summed E-state index contributed by atoms with van der Waals surface area (Å²) in [5.41, 5.74) is 1.50. The molecule has 0 aromatic carbocycles. The van der Waals surface area contributed by atoms with Crippen LogP contribution in [-0.2, 0) is 0 Å². The number of fused-ring (bicyclic) bond motifs is 1. The molecule has 0 unspecified atom stereocenters. The van der Waals surface area contributed by atoms with Crippen LogP contribution in [-0.4, -0.2) is 34.4 Å². The molecular weight excluding hydrogens is 282 g/mol. The molecule has 4 rings (SSSR count). The molecule has 0 bridgehead atoms. The second-order valence-electron chi connectivity index (χ2n) is 3.63. The fraction of sp³-hybridized carbons (Fsp3) is 0. The molecular formula is C10H5N7S2. The van der Waals surface area contributed by atoms with Gasteiger partial charge in [0.1, 0.15) is 11.4 Å². The maximum Gasteiger partial charge on any atom is 0.235 e. The van der Waals surface area contributed by atoms with Crippen LogP contribution in [0.15, 0.2) is 29.8 Å². The van der Waals surface area contributed by atoms with Gasteiger partial charge >= 0.3 is 0 Å². The molecule has 0 amide bonds. The third kappa shape index (κ3) is 1.71. The summed E-state index contributed by atoms with van der Waals surface area (Å²) in [7, 11) is 0. The molecule has 92 valence electrons. The standard InChI is InChI=1S/C10H5N7S2/c1-2-4-11-6(3-1)8-13-14-10-17(8)15-9(19-10)7-5-18-16-12-7/h1-5H. The highest BCUT2D eigenvalue weighted by Crippen LogP contribution is 2.26. The van der Waals surface area contributed by atoms with Crippen LogP contribution in [0.3, 0.4) is 0 Å². The molecule has 0 N–H and O–H groups in total.